The molecule has 0 bridgehead atoms. The van der Waals surface area contributed by atoms with Crippen LogP contribution >= 0.6 is 24.8 Å². The minimum absolute atomic E-state index is 0. The molecule has 162 valence electrons. The van der Waals surface area contributed by atoms with Gasteiger partial charge in [-0.25, -0.2) is 9.97 Å². The van der Waals surface area contributed by atoms with E-state index in [9.17, 15) is 9.59 Å². The van der Waals surface area contributed by atoms with Gasteiger partial charge in [0.05, 0.1) is 11.5 Å². The second kappa shape index (κ2) is 11.2. The van der Waals surface area contributed by atoms with Crippen molar-refractivity contribution < 1.29 is 14.7 Å². The van der Waals surface area contributed by atoms with Crippen LogP contribution in [0.5, 0.6) is 0 Å². The molecule has 0 radical (unpaired) electrons. The Balaban J connectivity index is 0.00000210. The van der Waals surface area contributed by atoms with Crippen LogP contribution in [0.1, 0.15) is 44.1 Å². The van der Waals surface area contributed by atoms with Crippen LogP contribution in [0.3, 0.4) is 0 Å². The molecular formula is C18H28Cl2N6O3. The van der Waals surface area contributed by atoms with Gasteiger partial charge in [-0.15, -0.1) is 24.8 Å². The van der Waals surface area contributed by atoms with E-state index in [1.807, 2.05) is 4.90 Å². The number of rotatable bonds is 5. The van der Waals surface area contributed by atoms with Gasteiger partial charge in [-0.2, -0.15) is 0 Å². The zero-order valence-corrected chi connectivity index (χ0v) is 17.7. The molecule has 1 amide bonds. The number of aromatic nitrogens is 2. The van der Waals surface area contributed by atoms with Crippen molar-refractivity contribution in [3.63, 3.8) is 0 Å². The Bertz CT molecular complexity index is 702. The second-order valence-corrected chi connectivity index (χ2v) is 7.34. The van der Waals surface area contributed by atoms with Gasteiger partial charge in [-0.05, 0) is 38.5 Å². The Morgan fingerprint density at radius 3 is 2.07 bits per heavy atom. The molecule has 11 heteroatoms. The molecule has 3 rings (SSSR count). The van der Waals surface area contributed by atoms with Gasteiger partial charge in [0, 0.05) is 37.4 Å². The number of carbonyl (C=O) groups is 2. The minimum Gasteiger partial charge on any atom is -0.481 e. The summed E-state index contributed by atoms with van der Waals surface area (Å²) in [7, 11) is 0. The number of aliphatic carboxylic acids is 1. The highest BCUT2D eigenvalue weighted by Gasteiger charge is 2.30. The van der Waals surface area contributed by atoms with Gasteiger partial charge in [-0.1, -0.05) is 0 Å². The third-order valence-electron chi connectivity index (χ3n) is 5.52. The molecular weight excluding hydrogens is 419 g/mol. The number of nitrogens with two attached hydrogens (primary N) is 1. The van der Waals surface area contributed by atoms with Crippen molar-refractivity contribution in [1.29, 1.82) is 5.41 Å². The van der Waals surface area contributed by atoms with Crippen molar-refractivity contribution in [2.45, 2.75) is 44.6 Å². The molecule has 1 aromatic rings. The summed E-state index contributed by atoms with van der Waals surface area (Å²) < 4.78 is 0. The van der Waals surface area contributed by atoms with E-state index in [1.54, 1.807) is 0 Å². The maximum atomic E-state index is 12.5. The highest BCUT2D eigenvalue weighted by Crippen LogP contribution is 2.26. The summed E-state index contributed by atoms with van der Waals surface area (Å²) in [6, 6.07) is 0.0913. The third kappa shape index (κ3) is 6.43. The lowest BCUT2D eigenvalue weighted by molar-refractivity contribution is -0.142. The van der Waals surface area contributed by atoms with E-state index in [0.29, 0.717) is 37.4 Å². The summed E-state index contributed by atoms with van der Waals surface area (Å²) in [6.45, 7) is 1.40. The Kier molecular flexibility index (Phi) is 9.58. The molecule has 0 atom stereocenters. The number of piperidine rings is 1. The second-order valence-electron chi connectivity index (χ2n) is 7.34. The van der Waals surface area contributed by atoms with Crippen molar-refractivity contribution in [3.05, 3.63) is 18.0 Å². The van der Waals surface area contributed by atoms with Crippen molar-refractivity contribution >= 4 is 48.5 Å². The summed E-state index contributed by atoms with van der Waals surface area (Å²) in [4.78, 5) is 34.1. The molecule has 9 nitrogen and oxygen atoms in total. The van der Waals surface area contributed by atoms with Crippen LogP contribution in [0, 0.1) is 17.2 Å². The van der Waals surface area contributed by atoms with Gasteiger partial charge in [0.2, 0.25) is 11.9 Å². The van der Waals surface area contributed by atoms with Crippen LogP contribution in [0.15, 0.2) is 12.4 Å². The van der Waals surface area contributed by atoms with Crippen LogP contribution in [0.2, 0.25) is 0 Å². The topological polar surface area (TPSA) is 145 Å². The van der Waals surface area contributed by atoms with E-state index in [-0.39, 0.29) is 54.4 Å². The zero-order chi connectivity index (χ0) is 19.4. The molecule has 1 aliphatic carbocycles. The highest BCUT2D eigenvalue weighted by atomic mass is 35.5. The van der Waals surface area contributed by atoms with E-state index in [4.69, 9.17) is 16.2 Å². The number of anilines is 1. The van der Waals surface area contributed by atoms with Crippen molar-refractivity contribution in [3.8, 4) is 0 Å². The Hall–Kier alpha value is -2.13. The van der Waals surface area contributed by atoms with E-state index >= 15 is 0 Å². The molecule has 29 heavy (non-hydrogen) atoms. The minimum atomic E-state index is -0.731. The highest BCUT2D eigenvalue weighted by molar-refractivity contribution is 5.94. The Morgan fingerprint density at radius 1 is 1.03 bits per heavy atom. The van der Waals surface area contributed by atoms with Gasteiger partial charge in [-0.3, -0.25) is 15.0 Å². The first kappa shape index (κ1) is 24.9. The third-order valence-corrected chi connectivity index (χ3v) is 5.52. The number of carboxylic acid groups (broad SMARTS) is 1. The fraction of sp³-hybridized carbons (Fsp3) is 0.611. The van der Waals surface area contributed by atoms with Crippen LogP contribution in [-0.2, 0) is 9.59 Å². The lowest BCUT2D eigenvalue weighted by Gasteiger charge is -2.33. The number of nitrogens with zero attached hydrogens (tertiary/aromatic N) is 3. The molecule has 1 saturated carbocycles. The lowest BCUT2D eigenvalue weighted by atomic mass is 9.85. The van der Waals surface area contributed by atoms with Gasteiger partial charge >= 0.3 is 5.97 Å². The number of halogens is 2. The lowest BCUT2D eigenvalue weighted by Crippen LogP contribution is -2.45. The Morgan fingerprint density at radius 2 is 1.59 bits per heavy atom. The molecule has 5 N–H and O–H groups in total. The predicted octanol–water partition coefficient (Wildman–Crippen LogP) is 1.58. The average molecular weight is 447 g/mol. The molecule has 2 aliphatic rings. The van der Waals surface area contributed by atoms with Gasteiger partial charge in [0.15, 0.2) is 0 Å². The van der Waals surface area contributed by atoms with Crippen LogP contribution in [-0.4, -0.2) is 51.9 Å². The van der Waals surface area contributed by atoms with E-state index < -0.39 is 5.97 Å². The zero-order valence-electron chi connectivity index (χ0n) is 16.0. The molecule has 0 unspecified atom stereocenters. The summed E-state index contributed by atoms with van der Waals surface area (Å²) in [5.41, 5.74) is 5.90. The number of amidine groups is 1. The predicted molar refractivity (Wildman–Crippen MR) is 114 cm³/mol. The molecule has 0 spiro atoms. The fourth-order valence-electron chi connectivity index (χ4n) is 3.77. The first-order valence-electron chi connectivity index (χ1n) is 9.38. The SMILES string of the molecule is Cl.Cl.N=C(N)c1cnc(N2CCC(C(=O)N[C@H]3CC[C@H](C(=O)O)CC3)CC2)nc1. The summed E-state index contributed by atoms with van der Waals surface area (Å²) in [6.07, 6.45) is 7.27. The summed E-state index contributed by atoms with van der Waals surface area (Å²) >= 11 is 0. The average Bonchev–Trinajstić information content (AvgIpc) is 2.68. The van der Waals surface area contributed by atoms with Crippen molar-refractivity contribution in [1.82, 2.24) is 15.3 Å². The molecule has 1 aromatic heterocycles. The van der Waals surface area contributed by atoms with Gasteiger partial charge < -0.3 is 21.1 Å². The quantitative estimate of drug-likeness (QED) is 0.396. The molecule has 2 fully saturated rings. The van der Waals surface area contributed by atoms with Crippen molar-refractivity contribution in [2.75, 3.05) is 18.0 Å². The standard InChI is InChI=1S/C18H26N6O3.2ClH/c19-15(20)13-9-21-18(22-10-13)24-7-5-11(6-8-24)16(25)23-14-3-1-12(2-4-14)17(26)27;;/h9-12,14H,1-8H2,(H3,19,20)(H,23,25)(H,26,27);2*1H/t12-,14-;;. The molecule has 1 saturated heterocycles. The summed E-state index contributed by atoms with van der Waals surface area (Å²) in [5, 5.41) is 19.5. The van der Waals surface area contributed by atoms with Crippen LogP contribution < -0.4 is 16.0 Å². The number of amides is 1. The maximum Gasteiger partial charge on any atom is 0.306 e. The normalized spacial score (nSPS) is 22.0. The van der Waals surface area contributed by atoms with E-state index in [0.717, 1.165) is 25.7 Å². The monoisotopic (exact) mass is 446 g/mol. The molecule has 2 heterocycles. The molecule has 0 aromatic carbocycles. The number of hydrogen-bond donors (Lipinski definition) is 4. The number of nitrogen functional groups attached to an aromatic ring is 1. The number of hydrogen-bond acceptors (Lipinski definition) is 6. The van der Waals surface area contributed by atoms with Crippen LogP contribution in [0.25, 0.3) is 0 Å². The van der Waals surface area contributed by atoms with E-state index in [1.165, 1.54) is 12.4 Å². The number of carboxylic acids is 1. The van der Waals surface area contributed by atoms with Crippen molar-refractivity contribution in [2.24, 2.45) is 17.6 Å². The fourth-order valence-corrected chi connectivity index (χ4v) is 3.77. The number of nitrogens with one attached hydrogen (secondary N) is 2. The Labute approximate surface area is 182 Å². The molecule has 1 aliphatic heterocycles. The maximum absolute atomic E-state index is 12.5. The summed E-state index contributed by atoms with van der Waals surface area (Å²) in [5.74, 6) is -0.433. The first-order valence-corrected chi connectivity index (χ1v) is 9.38. The number of carbonyl (C=O) groups excluding carboxylic acids is 1. The largest absolute Gasteiger partial charge is 0.481 e. The van der Waals surface area contributed by atoms with Gasteiger partial charge in [0.1, 0.15) is 5.84 Å². The van der Waals surface area contributed by atoms with Crippen LogP contribution in [0.4, 0.5) is 5.95 Å². The smallest absolute Gasteiger partial charge is 0.306 e. The van der Waals surface area contributed by atoms with Gasteiger partial charge in [0.25, 0.3) is 0 Å². The first-order chi connectivity index (χ1) is 12.9. The van der Waals surface area contributed by atoms with E-state index in [2.05, 4.69) is 15.3 Å².